The number of thiazole rings is 1. The van der Waals surface area contributed by atoms with E-state index in [9.17, 15) is 36.3 Å². The Kier molecular flexibility index (Phi) is 10.9. The Bertz CT molecular complexity index is 1170. The number of ether oxygens (including phenoxy) is 3. The van der Waals surface area contributed by atoms with Gasteiger partial charge in [0, 0.05) is 13.3 Å². The van der Waals surface area contributed by atoms with E-state index in [-0.39, 0.29) is 17.6 Å². The van der Waals surface area contributed by atoms with Crippen LogP contribution < -0.4 is 16.0 Å². The molecular weight excluding hydrogens is 581 g/mol. The predicted molar refractivity (Wildman–Crippen MR) is 138 cm³/mol. The van der Waals surface area contributed by atoms with Crippen molar-refractivity contribution in [2.75, 3.05) is 38.7 Å². The largest absolute Gasteiger partial charge is 0.444 e. The zero-order valence-corrected chi connectivity index (χ0v) is 24.0. The number of carbonyl (C=O) groups is 1. The Labute approximate surface area is 237 Å². The fourth-order valence-corrected chi connectivity index (χ4v) is 4.29. The summed E-state index contributed by atoms with van der Waals surface area (Å²) in [6.07, 6.45) is -4.53. The number of rotatable bonds is 11. The Morgan fingerprint density at radius 1 is 1.22 bits per heavy atom. The zero-order chi connectivity index (χ0) is 31.2. The fraction of sp³-hybridized carbons (Fsp3) is 0.667. The Hall–Kier alpha value is -3.23. The number of anilines is 1. The third kappa shape index (κ3) is 9.68. The molecule has 1 aromatic heterocycles. The highest BCUT2D eigenvalue weighted by atomic mass is 32.1. The molecule has 1 unspecified atom stereocenters. The summed E-state index contributed by atoms with van der Waals surface area (Å²) in [5.74, 6) is -0.245. The summed E-state index contributed by atoms with van der Waals surface area (Å²) in [5.41, 5.74) is -4.04. The van der Waals surface area contributed by atoms with Crippen LogP contribution in [0.1, 0.15) is 45.5 Å². The van der Waals surface area contributed by atoms with Gasteiger partial charge in [-0.2, -0.15) is 13.2 Å². The minimum Gasteiger partial charge on any atom is -0.444 e. The Morgan fingerprint density at radius 3 is 2.41 bits per heavy atom. The number of halogens is 5. The predicted octanol–water partition coefficient (Wildman–Crippen LogP) is 3.42. The van der Waals surface area contributed by atoms with Crippen molar-refractivity contribution in [2.45, 2.75) is 70.0 Å². The lowest BCUT2D eigenvalue weighted by atomic mass is 10.1. The zero-order valence-electron chi connectivity index (χ0n) is 23.2. The number of alkyl carbamates (subject to hydrolysis) is 1. The lowest BCUT2D eigenvalue weighted by molar-refractivity contribution is -0.264. The van der Waals surface area contributed by atoms with E-state index in [1.165, 1.54) is 19.2 Å². The van der Waals surface area contributed by atoms with Gasteiger partial charge in [0.2, 0.25) is 0 Å². The molecule has 0 radical (unpaired) electrons. The number of aromatic nitrogens is 1. The van der Waals surface area contributed by atoms with Gasteiger partial charge in [-0.05, 0) is 34.6 Å². The fourth-order valence-electron chi connectivity index (χ4n) is 3.36. The van der Waals surface area contributed by atoms with Crippen LogP contribution in [-0.2, 0) is 23.8 Å². The summed E-state index contributed by atoms with van der Waals surface area (Å²) < 4.78 is 83.7. The molecule has 230 valence electrons. The second-order valence-electron chi connectivity index (χ2n) is 10.5. The number of hydrogen-bond acceptors (Lipinski definition) is 11. The number of hydrogen-bond donors (Lipinski definition) is 3. The molecule has 1 saturated heterocycles. The van der Waals surface area contributed by atoms with Gasteiger partial charge in [0.05, 0.1) is 37.2 Å². The van der Waals surface area contributed by atoms with Crippen LogP contribution >= 0.6 is 11.3 Å². The first-order valence-corrected chi connectivity index (χ1v) is 12.9. The molecule has 0 bridgehead atoms. The van der Waals surface area contributed by atoms with Crippen LogP contribution in [0.15, 0.2) is 17.7 Å². The van der Waals surface area contributed by atoms with Crippen molar-refractivity contribution in [3.63, 3.8) is 0 Å². The van der Waals surface area contributed by atoms with Gasteiger partial charge in [-0.15, -0.1) is 0 Å². The molecule has 2 heterocycles. The summed E-state index contributed by atoms with van der Waals surface area (Å²) in [6, 6.07) is -2.40. The van der Waals surface area contributed by atoms with E-state index in [2.05, 4.69) is 20.9 Å². The molecule has 11 nitrogen and oxygen atoms in total. The maximum Gasteiger partial charge on any atom is 0.416 e. The van der Waals surface area contributed by atoms with Crippen LogP contribution in [0.3, 0.4) is 0 Å². The average molecular weight is 614 g/mol. The maximum absolute atomic E-state index is 14.1. The monoisotopic (exact) mass is 613 g/mol. The van der Waals surface area contributed by atoms with Gasteiger partial charge in [0.15, 0.2) is 22.5 Å². The van der Waals surface area contributed by atoms with E-state index >= 15 is 0 Å². The third-order valence-electron chi connectivity index (χ3n) is 5.54. The Balaban J connectivity index is 2.33. The molecule has 1 aliphatic rings. The van der Waals surface area contributed by atoms with Gasteiger partial charge in [0.1, 0.15) is 23.3 Å². The van der Waals surface area contributed by atoms with Crippen molar-refractivity contribution in [2.24, 2.45) is 0 Å². The van der Waals surface area contributed by atoms with Gasteiger partial charge in [0.25, 0.3) is 5.92 Å². The standard InChI is InChI=1S/C24H32F5N5O6S/c1-21(2,3)40-20(37)33-15(10-39-22(4,5)24(27,28)29)14(8-35)32-19-30-7-17(41-19)16(11-38-6)34-13-23(25,26)12-31-18(34)9-36/h7,15-16,31H,10-13H2,1-6H3,(H,30,32)(H,33,37)/t15-,16?/m1/s1. The molecule has 0 spiro atoms. The van der Waals surface area contributed by atoms with Gasteiger partial charge in [-0.1, -0.05) is 11.3 Å². The van der Waals surface area contributed by atoms with Gasteiger partial charge in [-0.25, -0.2) is 28.1 Å². The highest BCUT2D eigenvalue weighted by Crippen LogP contribution is 2.35. The number of methoxy groups -OCH3 is 1. The minimum atomic E-state index is -4.77. The van der Waals surface area contributed by atoms with Crippen molar-refractivity contribution < 1.29 is 50.5 Å². The molecule has 3 N–H and O–H groups in total. The van der Waals surface area contributed by atoms with Crippen LogP contribution in [0.5, 0.6) is 0 Å². The number of nitrogens with zero attached hydrogens (tertiary/aromatic N) is 2. The van der Waals surface area contributed by atoms with Crippen LogP contribution in [0.2, 0.25) is 0 Å². The van der Waals surface area contributed by atoms with Crippen molar-refractivity contribution >= 4 is 34.4 Å². The molecule has 0 aromatic carbocycles. The number of alkyl halides is 5. The molecule has 2 atom stereocenters. The van der Waals surface area contributed by atoms with Gasteiger partial charge >= 0.3 is 12.3 Å². The number of carbonyl (C=O) groups excluding carboxylic acids is 3. The summed E-state index contributed by atoms with van der Waals surface area (Å²) >= 11 is 0.881. The first kappa shape index (κ1) is 34.0. The lowest BCUT2D eigenvalue weighted by Crippen LogP contribution is -2.53. The van der Waals surface area contributed by atoms with Crippen LogP contribution in [0, 0.1) is 0 Å². The van der Waals surface area contributed by atoms with Crippen LogP contribution in [0.25, 0.3) is 0 Å². The highest BCUT2D eigenvalue weighted by molar-refractivity contribution is 7.15. The normalized spacial score (nSPS) is 17.0. The number of nitrogens with one attached hydrogen (secondary N) is 3. The highest BCUT2D eigenvalue weighted by Gasteiger charge is 2.49. The maximum atomic E-state index is 14.1. The van der Waals surface area contributed by atoms with E-state index in [0.29, 0.717) is 4.88 Å². The first-order chi connectivity index (χ1) is 18.8. The van der Waals surface area contributed by atoms with Gasteiger partial charge in [-0.3, -0.25) is 0 Å². The molecule has 0 saturated carbocycles. The average Bonchev–Trinajstić information content (AvgIpc) is 3.29. The molecule has 0 aliphatic carbocycles. The van der Waals surface area contributed by atoms with Crippen LogP contribution in [-0.4, -0.2) is 90.6 Å². The second-order valence-corrected chi connectivity index (χ2v) is 11.5. The molecule has 1 aromatic rings. The van der Waals surface area contributed by atoms with Crippen molar-refractivity contribution in [3.8, 4) is 0 Å². The van der Waals surface area contributed by atoms with Gasteiger partial charge < -0.3 is 35.1 Å². The third-order valence-corrected chi connectivity index (χ3v) is 6.55. The van der Waals surface area contributed by atoms with Crippen LogP contribution in [0.4, 0.5) is 31.9 Å². The summed E-state index contributed by atoms with van der Waals surface area (Å²) in [4.78, 5) is 41.2. The van der Waals surface area contributed by atoms with E-state index in [0.717, 1.165) is 30.1 Å². The van der Waals surface area contributed by atoms with E-state index < -0.39 is 66.9 Å². The minimum absolute atomic E-state index is 0.00103. The molecule has 41 heavy (non-hydrogen) atoms. The lowest BCUT2D eigenvalue weighted by Gasteiger charge is -2.39. The van der Waals surface area contributed by atoms with E-state index in [1.807, 2.05) is 0 Å². The molecule has 1 amide bonds. The smallest absolute Gasteiger partial charge is 0.416 e. The van der Waals surface area contributed by atoms with E-state index in [1.54, 1.807) is 26.7 Å². The van der Waals surface area contributed by atoms with Crippen molar-refractivity contribution in [3.05, 3.63) is 22.6 Å². The second kappa shape index (κ2) is 13.2. The summed E-state index contributed by atoms with van der Waals surface area (Å²) in [5, 5.41) is 7.21. The van der Waals surface area contributed by atoms with Crippen molar-refractivity contribution in [1.29, 1.82) is 0 Å². The topological polar surface area (TPSA) is 131 Å². The Morgan fingerprint density at radius 2 is 1.88 bits per heavy atom. The number of amides is 1. The van der Waals surface area contributed by atoms with E-state index in [4.69, 9.17) is 14.2 Å². The SMILES string of the molecule is COCC(c1cnc(NC(=C=O)[C@@H](COC(C)(C)C(F)(F)F)NC(=O)OC(C)(C)C)s1)N1CC(F)(F)CNC1=C=O. The molecular formula is C24H32F5N5O6S. The summed E-state index contributed by atoms with van der Waals surface area (Å²) in [6.45, 7) is 3.73. The first-order valence-electron chi connectivity index (χ1n) is 12.1. The molecule has 2 rings (SSSR count). The molecule has 17 heteroatoms. The molecule has 1 aliphatic heterocycles. The summed E-state index contributed by atoms with van der Waals surface area (Å²) in [7, 11) is 1.33. The quantitative estimate of drug-likeness (QED) is 0.252. The molecule has 1 fully saturated rings. The van der Waals surface area contributed by atoms with Crippen molar-refractivity contribution in [1.82, 2.24) is 20.5 Å².